The maximum Gasteiger partial charge on any atom is 0.251 e. The van der Waals surface area contributed by atoms with E-state index in [2.05, 4.69) is 26.1 Å². The second-order valence-corrected chi connectivity index (χ2v) is 6.91. The maximum atomic E-state index is 12.1. The topological polar surface area (TPSA) is 29.1 Å². The van der Waals surface area contributed by atoms with Crippen LogP contribution >= 0.6 is 11.6 Å². The molecule has 19 heavy (non-hydrogen) atoms. The lowest BCUT2D eigenvalue weighted by Gasteiger charge is -2.20. The zero-order chi connectivity index (χ0) is 14.0. The van der Waals surface area contributed by atoms with Gasteiger partial charge in [0.25, 0.3) is 5.91 Å². The molecule has 1 amide bonds. The molecule has 1 fully saturated rings. The number of rotatable bonds is 2. The van der Waals surface area contributed by atoms with Crippen LogP contribution in [0.4, 0.5) is 0 Å². The molecule has 0 bridgehead atoms. The third-order valence-electron chi connectivity index (χ3n) is 3.76. The van der Waals surface area contributed by atoms with Gasteiger partial charge in [0.05, 0.1) is 5.38 Å². The van der Waals surface area contributed by atoms with Gasteiger partial charge in [0, 0.05) is 11.6 Å². The zero-order valence-electron chi connectivity index (χ0n) is 11.9. The average molecular weight is 280 g/mol. The molecule has 1 aliphatic carbocycles. The van der Waals surface area contributed by atoms with E-state index in [0.717, 1.165) is 19.3 Å². The number of hydrogen-bond donors (Lipinski definition) is 1. The summed E-state index contributed by atoms with van der Waals surface area (Å²) in [7, 11) is 0. The summed E-state index contributed by atoms with van der Waals surface area (Å²) in [5.41, 5.74) is 2.06. The van der Waals surface area contributed by atoms with Gasteiger partial charge in [-0.15, -0.1) is 11.6 Å². The van der Waals surface area contributed by atoms with Gasteiger partial charge in [0.15, 0.2) is 0 Å². The largest absolute Gasteiger partial charge is 0.348 e. The van der Waals surface area contributed by atoms with Crippen LogP contribution in [0.5, 0.6) is 0 Å². The van der Waals surface area contributed by atoms with Crippen LogP contribution in [0.15, 0.2) is 24.3 Å². The quantitative estimate of drug-likeness (QED) is 0.818. The van der Waals surface area contributed by atoms with Crippen molar-refractivity contribution in [1.29, 1.82) is 0 Å². The molecule has 0 aromatic heterocycles. The Balaban J connectivity index is 2.03. The van der Waals surface area contributed by atoms with Gasteiger partial charge >= 0.3 is 0 Å². The first-order chi connectivity index (χ1) is 8.88. The molecule has 1 N–H and O–H groups in total. The first kappa shape index (κ1) is 14.4. The summed E-state index contributed by atoms with van der Waals surface area (Å²) in [6, 6.07) is 7.97. The predicted molar refractivity (Wildman–Crippen MR) is 79.9 cm³/mol. The van der Waals surface area contributed by atoms with Crippen LogP contribution in [0.25, 0.3) is 0 Å². The van der Waals surface area contributed by atoms with E-state index >= 15 is 0 Å². The number of hydrogen-bond acceptors (Lipinski definition) is 1. The van der Waals surface area contributed by atoms with Crippen molar-refractivity contribution >= 4 is 17.5 Å². The third kappa shape index (κ3) is 3.50. The summed E-state index contributed by atoms with van der Waals surface area (Å²) in [4.78, 5) is 12.1. The first-order valence-electron chi connectivity index (χ1n) is 6.93. The number of halogens is 1. The highest BCUT2D eigenvalue weighted by Gasteiger charge is 2.27. The number of alkyl halides is 1. The van der Waals surface area contributed by atoms with Crippen molar-refractivity contribution in [3.05, 3.63) is 35.4 Å². The lowest BCUT2D eigenvalue weighted by molar-refractivity contribution is 0.0938. The number of nitrogens with one attached hydrogen (secondary N) is 1. The lowest BCUT2D eigenvalue weighted by atomic mass is 9.86. The first-order valence-corrected chi connectivity index (χ1v) is 7.37. The van der Waals surface area contributed by atoms with E-state index in [1.807, 2.05) is 24.3 Å². The number of carbonyl (C=O) groups is 1. The van der Waals surface area contributed by atoms with E-state index < -0.39 is 0 Å². The zero-order valence-corrected chi connectivity index (χ0v) is 12.6. The smallest absolute Gasteiger partial charge is 0.251 e. The molecule has 2 unspecified atom stereocenters. The SMILES string of the molecule is CC(C)(C)c1ccc(C(=O)NC2CCCC2Cl)cc1. The van der Waals surface area contributed by atoms with Gasteiger partial charge in [-0.2, -0.15) is 0 Å². The molecular formula is C16H22ClNO. The maximum absolute atomic E-state index is 12.1. The molecule has 1 saturated carbocycles. The molecule has 2 nitrogen and oxygen atoms in total. The average Bonchev–Trinajstić information content (AvgIpc) is 2.74. The summed E-state index contributed by atoms with van der Waals surface area (Å²) < 4.78 is 0. The summed E-state index contributed by atoms with van der Waals surface area (Å²) in [6.45, 7) is 6.50. The van der Waals surface area contributed by atoms with Crippen molar-refractivity contribution in [1.82, 2.24) is 5.32 Å². The van der Waals surface area contributed by atoms with Gasteiger partial charge in [-0.05, 0) is 42.4 Å². The standard InChI is InChI=1S/C16H22ClNO/c1-16(2,3)12-9-7-11(8-10-12)15(19)18-14-6-4-5-13(14)17/h7-10,13-14H,4-6H2,1-3H3,(H,18,19). The minimum absolute atomic E-state index is 0.0157. The van der Waals surface area contributed by atoms with Gasteiger partial charge in [-0.25, -0.2) is 0 Å². The second kappa shape index (κ2) is 5.54. The Morgan fingerprint density at radius 3 is 2.32 bits per heavy atom. The predicted octanol–water partition coefficient (Wildman–Crippen LogP) is 3.87. The highest BCUT2D eigenvalue weighted by molar-refractivity contribution is 6.21. The molecule has 1 aromatic rings. The minimum atomic E-state index is -0.0157. The lowest BCUT2D eigenvalue weighted by Crippen LogP contribution is -2.37. The Bertz CT molecular complexity index is 447. The normalized spacial score (nSPS) is 23.4. The van der Waals surface area contributed by atoms with Gasteiger partial charge in [0.1, 0.15) is 0 Å². The monoisotopic (exact) mass is 279 g/mol. The van der Waals surface area contributed by atoms with Crippen LogP contribution in [-0.4, -0.2) is 17.3 Å². The molecule has 2 atom stereocenters. The molecule has 2 rings (SSSR count). The second-order valence-electron chi connectivity index (χ2n) is 6.35. The van der Waals surface area contributed by atoms with Gasteiger partial charge < -0.3 is 5.32 Å². The Morgan fingerprint density at radius 1 is 1.21 bits per heavy atom. The fourth-order valence-corrected chi connectivity index (χ4v) is 2.79. The summed E-state index contributed by atoms with van der Waals surface area (Å²) in [5, 5.41) is 3.11. The van der Waals surface area contributed by atoms with Crippen LogP contribution in [0.2, 0.25) is 0 Å². The molecule has 104 valence electrons. The van der Waals surface area contributed by atoms with E-state index in [9.17, 15) is 4.79 Å². The van der Waals surface area contributed by atoms with Crippen molar-refractivity contribution in [3.63, 3.8) is 0 Å². The van der Waals surface area contributed by atoms with Crippen LogP contribution < -0.4 is 5.32 Å². The molecule has 0 saturated heterocycles. The number of amides is 1. The number of benzene rings is 1. The van der Waals surface area contributed by atoms with Crippen molar-refractivity contribution < 1.29 is 4.79 Å². The summed E-state index contributed by atoms with van der Waals surface area (Å²) in [5.74, 6) is -0.0157. The molecule has 1 aromatic carbocycles. The molecular weight excluding hydrogens is 258 g/mol. The van der Waals surface area contributed by atoms with E-state index in [4.69, 9.17) is 11.6 Å². The van der Waals surface area contributed by atoms with Gasteiger partial charge in [-0.1, -0.05) is 32.9 Å². The molecule has 1 aliphatic rings. The van der Waals surface area contributed by atoms with Gasteiger partial charge in [0.2, 0.25) is 0 Å². The van der Waals surface area contributed by atoms with Crippen molar-refractivity contribution in [2.75, 3.05) is 0 Å². The van der Waals surface area contributed by atoms with Crippen LogP contribution in [0, 0.1) is 0 Å². The third-order valence-corrected chi connectivity index (χ3v) is 4.28. The van der Waals surface area contributed by atoms with Crippen molar-refractivity contribution in [2.45, 2.75) is 56.9 Å². The fraction of sp³-hybridized carbons (Fsp3) is 0.562. The molecule has 0 spiro atoms. The van der Waals surface area contributed by atoms with E-state index in [0.29, 0.717) is 5.56 Å². The molecule has 3 heteroatoms. The van der Waals surface area contributed by atoms with E-state index in [1.165, 1.54) is 5.56 Å². The van der Waals surface area contributed by atoms with Crippen molar-refractivity contribution in [2.24, 2.45) is 0 Å². The van der Waals surface area contributed by atoms with Crippen molar-refractivity contribution in [3.8, 4) is 0 Å². The van der Waals surface area contributed by atoms with Crippen LogP contribution in [-0.2, 0) is 5.41 Å². The van der Waals surface area contributed by atoms with E-state index in [1.54, 1.807) is 0 Å². The number of carbonyl (C=O) groups excluding carboxylic acids is 1. The minimum Gasteiger partial charge on any atom is -0.348 e. The Hall–Kier alpha value is -1.02. The highest BCUT2D eigenvalue weighted by Crippen LogP contribution is 2.25. The van der Waals surface area contributed by atoms with Crippen LogP contribution in [0.3, 0.4) is 0 Å². The molecule has 0 radical (unpaired) electrons. The summed E-state index contributed by atoms with van der Waals surface area (Å²) in [6.07, 6.45) is 3.08. The Morgan fingerprint density at radius 2 is 1.84 bits per heavy atom. The fourth-order valence-electron chi connectivity index (χ4n) is 2.45. The van der Waals surface area contributed by atoms with Crippen LogP contribution in [0.1, 0.15) is 56.0 Å². The van der Waals surface area contributed by atoms with Gasteiger partial charge in [-0.3, -0.25) is 4.79 Å². The molecule has 0 heterocycles. The highest BCUT2D eigenvalue weighted by atomic mass is 35.5. The molecule has 0 aliphatic heterocycles. The Labute approximate surface area is 120 Å². The van der Waals surface area contributed by atoms with E-state index in [-0.39, 0.29) is 22.7 Å². The summed E-state index contributed by atoms with van der Waals surface area (Å²) >= 11 is 6.18. The Kier molecular flexibility index (Phi) is 4.19.